The van der Waals surface area contributed by atoms with Gasteiger partial charge in [-0.1, -0.05) is 24.3 Å². The van der Waals surface area contributed by atoms with Gasteiger partial charge in [0.05, 0.1) is 12.6 Å². The number of carbonyl (C=O) groups is 2. The van der Waals surface area contributed by atoms with Crippen LogP contribution in [0.4, 0.5) is 24.5 Å². The number of hydrogen-bond donors (Lipinski definition) is 3. The molecule has 0 saturated heterocycles. The predicted molar refractivity (Wildman–Crippen MR) is 101 cm³/mol. The molecule has 0 spiro atoms. The number of carbonyl (C=O) groups excluding carboxylic acids is 2. The summed E-state index contributed by atoms with van der Waals surface area (Å²) in [5, 5.41) is 5.27. The highest BCUT2D eigenvalue weighted by Crippen LogP contribution is 2.30. The SMILES string of the molecule is Cc1cccc(C)c1NC(=O)C[NH+](C)CC(=O)Nc1cccc(C(F)(F)F)c1. The van der Waals surface area contributed by atoms with E-state index in [0.717, 1.165) is 28.9 Å². The molecule has 0 aliphatic rings. The molecule has 150 valence electrons. The third kappa shape index (κ3) is 6.09. The van der Waals surface area contributed by atoms with Crippen LogP contribution in [0.5, 0.6) is 0 Å². The molecular weight excluding hydrogens is 371 g/mol. The second kappa shape index (κ2) is 8.88. The molecule has 0 aromatic heterocycles. The van der Waals surface area contributed by atoms with Crippen molar-refractivity contribution in [2.75, 3.05) is 30.8 Å². The fourth-order valence-electron chi connectivity index (χ4n) is 2.78. The lowest BCUT2D eigenvalue weighted by Crippen LogP contribution is -3.11. The summed E-state index contributed by atoms with van der Waals surface area (Å²) < 4.78 is 38.2. The van der Waals surface area contributed by atoms with E-state index in [0.29, 0.717) is 4.90 Å². The van der Waals surface area contributed by atoms with Gasteiger partial charge < -0.3 is 15.5 Å². The lowest BCUT2D eigenvalue weighted by atomic mass is 10.1. The second-order valence-electron chi connectivity index (χ2n) is 6.75. The normalized spacial score (nSPS) is 12.4. The first-order chi connectivity index (χ1) is 13.1. The zero-order valence-electron chi connectivity index (χ0n) is 15.9. The fraction of sp³-hybridized carbons (Fsp3) is 0.300. The van der Waals surface area contributed by atoms with Crippen molar-refractivity contribution in [2.45, 2.75) is 20.0 Å². The Kier molecular flexibility index (Phi) is 6.80. The molecule has 5 nitrogen and oxygen atoms in total. The Labute approximate surface area is 161 Å². The van der Waals surface area contributed by atoms with Crippen LogP contribution in [-0.2, 0) is 15.8 Å². The molecule has 0 saturated carbocycles. The van der Waals surface area contributed by atoms with Crippen molar-refractivity contribution in [3.05, 3.63) is 59.2 Å². The molecule has 0 heterocycles. The van der Waals surface area contributed by atoms with Crippen molar-refractivity contribution in [3.8, 4) is 0 Å². The molecule has 0 aliphatic heterocycles. The molecule has 0 bridgehead atoms. The lowest BCUT2D eigenvalue weighted by Gasteiger charge is -2.16. The average molecular weight is 394 g/mol. The summed E-state index contributed by atoms with van der Waals surface area (Å²) in [7, 11) is 1.66. The Morgan fingerprint density at radius 2 is 1.46 bits per heavy atom. The van der Waals surface area contributed by atoms with E-state index in [1.807, 2.05) is 32.0 Å². The monoisotopic (exact) mass is 394 g/mol. The number of amides is 2. The van der Waals surface area contributed by atoms with E-state index in [1.54, 1.807) is 7.05 Å². The van der Waals surface area contributed by atoms with Crippen LogP contribution in [0.1, 0.15) is 16.7 Å². The van der Waals surface area contributed by atoms with Gasteiger partial charge in [-0.25, -0.2) is 0 Å². The number of rotatable bonds is 6. The van der Waals surface area contributed by atoms with Crippen LogP contribution in [-0.4, -0.2) is 32.0 Å². The summed E-state index contributed by atoms with van der Waals surface area (Å²) in [5.74, 6) is -0.724. The molecule has 1 unspecified atom stereocenters. The summed E-state index contributed by atoms with van der Waals surface area (Å²) in [4.78, 5) is 24.9. The zero-order valence-corrected chi connectivity index (χ0v) is 15.9. The van der Waals surface area contributed by atoms with Crippen molar-refractivity contribution in [3.63, 3.8) is 0 Å². The molecular formula is C20H23F3N3O2+. The minimum atomic E-state index is -4.48. The number of quaternary nitrogens is 1. The van der Waals surface area contributed by atoms with Crippen LogP contribution in [0, 0.1) is 13.8 Å². The highest BCUT2D eigenvalue weighted by molar-refractivity contribution is 5.94. The lowest BCUT2D eigenvalue weighted by molar-refractivity contribution is -0.862. The number of para-hydroxylation sites is 1. The second-order valence-corrected chi connectivity index (χ2v) is 6.75. The van der Waals surface area contributed by atoms with Gasteiger partial charge in [-0.3, -0.25) is 9.59 Å². The molecule has 8 heteroatoms. The molecule has 3 N–H and O–H groups in total. The highest BCUT2D eigenvalue weighted by atomic mass is 19.4. The standard InChI is InChI=1S/C20H22F3N3O2/c1-13-6-4-7-14(2)19(13)25-18(28)12-26(3)11-17(27)24-16-9-5-8-15(10-16)20(21,22)23/h4-10H,11-12H2,1-3H3,(H,24,27)(H,25,28)/p+1. The van der Waals surface area contributed by atoms with Crippen LogP contribution in [0.2, 0.25) is 0 Å². The van der Waals surface area contributed by atoms with E-state index < -0.39 is 17.6 Å². The Bertz CT molecular complexity index is 846. The Hall–Kier alpha value is -2.87. The largest absolute Gasteiger partial charge is 0.416 e. The molecule has 1 atom stereocenters. The Morgan fingerprint density at radius 3 is 2.04 bits per heavy atom. The third-order valence-corrected chi connectivity index (χ3v) is 4.14. The number of benzene rings is 2. The average Bonchev–Trinajstić information content (AvgIpc) is 2.57. The molecule has 2 aromatic rings. The van der Waals surface area contributed by atoms with Crippen LogP contribution in [0.3, 0.4) is 0 Å². The Morgan fingerprint density at radius 1 is 0.929 bits per heavy atom. The maximum atomic E-state index is 12.7. The van der Waals surface area contributed by atoms with Gasteiger partial charge in [0, 0.05) is 11.4 Å². The smallest absolute Gasteiger partial charge is 0.322 e. The van der Waals surface area contributed by atoms with E-state index in [9.17, 15) is 22.8 Å². The molecule has 2 aromatic carbocycles. The maximum Gasteiger partial charge on any atom is 0.416 e. The predicted octanol–water partition coefficient (Wildman–Crippen LogP) is 2.41. The molecule has 2 rings (SSSR count). The number of hydrogen-bond acceptors (Lipinski definition) is 2. The number of halogens is 3. The van der Waals surface area contributed by atoms with Crippen LogP contribution in [0.25, 0.3) is 0 Å². The van der Waals surface area contributed by atoms with Gasteiger partial charge in [-0.05, 0) is 43.2 Å². The topological polar surface area (TPSA) is 62.6 Å². The van der Waals surface area contributed by atoms with Gasteiger partial charge >= 0.3 is 6.18 Å². The van der Waals surface area contributed by atoms with E-state index in [1.165, 1.54) is 12.1 Å². The molecule has 0 radical (unpaired) electrons. The summed E-state index contributed by atoms with van der Waals surface area (Å²) in [6, 6.07) is 10.1. The van der Waals surface area contributed by atoms with Gasteiger partial charge in [0.1, 0.15) is 0 Å². The number of aryl methyl sites for hydroxylation is 2. The van der Waals surface area contributed by atoms with Crippen molar-refractivity contribution in [1.82, 2.24) is 0 Å². The van der Waals surface area contributed by atoms with Crippen LogP contribution in [0.15, 0.2) is 42.5 Å². The van der Waals surface area contributed by atoms with Crippen molar-refractivity contribution in [1.29, 1.82) is 0 Å². The quantitative estimate of drug-likeness (QED) is 0.705. The first-order valence-corrected chi connectivity index (χ1v) is 8.70. The first-order valence-electron chi connectivity index (χ1n) is 8.70. The van der Waals surface area contributed by atoms with Gasteiger partial charge in [-0.15, -0.1) is 0 Å². The van der Waals surface area contributed by atoms with Gasteiger partial charge in [-0.2, -0.15) is 13.2 Å². The number of nitrogens with one attached hydrogen (secondary N) is 3. The van der Waals surface area contributed by atoms with Gasteiger partial charge in [0.15, 0.2) is 13.1 Å². The molecule has 28 heavy (non-hydrogen) atoms. The number of alkyl halides is 3. The van der Waals surface area contributed by atoms with Crippen LogP contribution >= 0.6 is 0 Å². The third-order valence-electron chi connectivity index (χ3n) is 4.14. The minimum absolute atomic E-state index is 0.0454. The van der Waals surface area contributed by atoms with Crippen molar-refractivity contribution < 1.29 is 27.7 Å². The fourth-order valence-corrected chi connectivity index (χ4v) is 2.78. The van der Waals surface area contributed by atoms with E-state index in [-0.39, 0.29) is 24.7 Å². The van der Waals surface area contributed by atoms with Crippen molar-refractivity contribution >= 4 is 23.2 Å². The van der Waals surface area contributed by atoms with E-state index in [2.05, 4.69) is 10.6 Å². The highest BCUT2D eigenvalue weighted by Gasteiger charge is 2.30. The summed E-state index contributed by atoms with van der Waals surface area (Å²) in [6.45, 7) is 3.77. The van der Waals surface area contributed by atoms with Gasteiger partial charge in [0.25, 0.3) is 11.8 Å². The molecule has 0 aliphatic carbocycles. The maximum absolute atomic E-state index is 12.7. The van der Waals surface area contributed by atoms with Crippen LogP contribution < -0.4 is 15.5 Å². The van der Waals surface area contributed by atoms with Crippen molar-refractivity contribution in [2.24, 2.45) is 0 Å². The molecule has 2 amide bonds. The summed E-state index contributed by atoms with van der Waals surface area (Å²) in [6.07, 6.45) is -4.48. The zero-order chi connectivity index (χ0) is 20.9. The summed E-state index contributed by atoms with van der Waals surface area (Å²) >= 11 is 0. The molecule has 0 fully saturated rings. The Balaban J connectivity index is 1.90. The van der Waals surface area contributed by atoms with E-state index >= 15 is 0 Å². The summed E-state index contributed by atoms with van der Waals surface area (Å²) in [5.41, 5.74) is 1.85. The first kappa shape index (κ1) is 21.4. The van der Waals surface area contributed by atoms with E-state index in [4.69, 9.17) is 0 Å². The number of anilines is 2. The van der Waals surface area contributed by atoms with Gasteiger partial charge in [0.2, 0.25) is 0 Å². The minimum Gasteiger partial charge on any atom is -0.322 e. The number of likely N-dealkylation sites (N-methyl/N-ethyl adjacent to an activating group) is 1.